The zero-order valence-corrected chi connectivity index (χ0v) is 11.4. The second kappa shape index (κ2) is 7.82. The Bertz CT molecular complexity index is 361. The smallest absolute Gasteiger partial charge is 0.152 e. The molecule has 1 rings (SSSR count). The van der Waals surface area contributed by atoms with E-state index in [9.17, 15) is 4.39 Å². The Balaban J connectivity index is 0.00000121. The van der Waals surface area contributed by atoms with Crippen LogP contribution in [0, 0.1) is 5.82 Å². The molecule has 0 aliphatic rings. The maximum Gasteiger partial charge on any atom is 0.152 e. The molecule has 17 heavy (non-hydrogen) atoms. The van der Waals surface area contributed by atoms with Gasteiger partial charge in [-0.2, -0.15) is 0 Å². The fourth-order valence-corrected chi connectivity index (χ4v) is 1.35. The van der Waals surface area contributed by atoms with Crippen molar-refractivity contribution < 1.29 is 9.13 Å². The summed E-state index contributed by atoms with van der Waals surface area (Å²) in [5, 5.41) is 0. The van der Waals surface area contributed by atoms with Gasteiger partial charge in [0.15, 0.2) is 5.82 Å². The summed E-state index contributed by atoms with van der Waals surface area (Å²) < 4.78 is 18.9. The zero-order chi connectivity index (χ0) is 13.4. The highest BCUT2D eigenvalue weighted by molar-refractivity contribution is 5.58. The maximum absolute atomic E-state index is 13.6. The lowest BCUT2D eigenvalue weighted by Crippen LogP contribution is -1.96. The number of rotatable bonds is 4. The number of ether oxygens (including phenoxy) is 1. The third kappa shape index (κ3) is 4.17. The first-order valence-electron chi connectivity index (χ1n) is 6.03. The standard InChI is InChI=1S/C12H16FNO.C2H6/c1-5-15-11-7-9(8(2)3)6-10(13)12(11)14-4;1-2/h6-8H,4-5H2,1-3H3;1-2H3. The van der Waals surface area contributed by atoms with Crippen molar-refractivity contribution in [1.29, 1.82) is 0 Å². The van der Waals surface area contributed by atoms with E-state index in [1.165, 1.54) is 6.07 Å². The van der Waals surface area contributed by atoms with E-state index >= 15 is 0 Å². The van der Waals surface area contributed by atoms with Gasteiger partial charge in [-0.3, -0.25) is 4.99 Å². The van der Waals surface area contributed by atoms with Gasteiger partial charge in [-0.25, -0.2) is 4.39 Å². The van der Waals surface area contributed by atoms with Crippen molar-refractivity contribution >= 4 is 12.4 Å². The molecule has 1 aromatic rings. The summed E-state index contributed by atoms with van der Waals surface area (Å²) >= 11 is 0. The molecule has 0 N–H and O–H groups in total. The molecule has 0 aliphatic carbocycles. The van der Waals surface area contributed by atoms with Crippen LogP contribution in [0.5, 0.6) is 5.75 Å². The van der Waals surface area contributed by atoms with Gasteiger partial charge in [0.2, 0.25) is 0 Å². The number of nitrogens with zero attached hydrogens (tertiary/aromatic N) is 1. The Labute approximate surface area is 104 Å². The van der Waals surface area contributed by atoms with E-state index < -0.39 is 0 Å². The van der Waals surface area contributed by atoms with Crippen LogP contribution in [-0.2, 0) is 0 Å². The minimum Gasteiger partial charge on any atom is -0.491 e. The van der Waals surface area contributed by atoms with Crippen LogP contribution in [0.25, 0.3) is 0 Å². The highest BCUT2D eigenvalue weighted by atomic mass is 19.1. The number of halogens is 1. The first-order valence-corrected chi connectivity index (χ1v) is 6.03. The number of aliphatic imine (C=N–C) groups is 1. The van der Waals surface area contributed by atoms with Crippen molar-refractivity contribution in [2.75, 3.05) is 6.61 Å². The van der Waals surface area contributed by atoms with Gasteiger partial charge in [0.25, 0.3) is 0 Å². The van der Waals surface area contributed by atoms with Crippen molar-refractivity contribution in [2.45, 2.75) is 40.5 Å². The maximum atomic E-state index is 13.6. The first-order chi connectivity index (χ1) is 8.10. The minimum absolute atomic E-state index is 0.196. The summed E-state index contributed by atoms with van der Waals surface area (Å²) in [4.78, 5) is 3.64. The topological polar surface area (TPSA) is 21.6 Å². The molecule has 3 heteroatoms. The number of benzene rings is 1. The Morgan fingerprint density at radius 2 is 1.94 bits per heavy atom. The summed E-state index contributed by atoms with van der Waals surface area (Å²) in [5.74, 6) is 0.355. The van der Waals surface area contributed by atoms with Crippen LogP contribution in [0.1, 0.15) is 46.1 Å². The van der Waals surface area contributed by atoms with E-state index in [2.05, 4.69) is 11.7 Å². The predicted molar refractivity (Wildman–Crippen MR) is 72.2 cm³/mol. The Kier molecular flexibility index (Phi) is 7.19. The third-order valence-corrected chi connectivity index (χ3v) is 2.18. The van der Waals surface area contributed by atoms with E-state index in [1.807, 2.05) is 40.7 Å². The second-order valence-corrected chi connectivity index (χ2v) is 3.60. The molecule has 0 unspecified atom stereocenters. The molecule has 0 aromatic heterocycles. The Morgan fingerprint density at radius 1 is 1.35 bits per heavy atom. The molecular formula is C14H22FNO. The summed E-state index contributed by atoms with van der Waals surface area (Å²) in [6.07, 6.45) is 0. The first kappa shape index (κ1) is 15.6. The molecule has 1 aromatic carbocycles. The van der Waals surface area contributed by atoms with Crippen molar-refractivity contribution in [3.8, 4) is 5.75 Å². The fraction of sp³-hybridized carbons (Fsp3) is 0.500. The molecule has 0 heterocycles. The lowest BCUT2D eigenvalue weighted by Gasteiger charge is -2.12. The quantitative estimate of drug-likeness (QED) is 0.697. The molecule has 0 amide bonds. The lowest BCUT2D eigenvalue weighted by atomic mass is 10.0. The molecule has 2 nitrogen and oxygen atoms in total. The van der Waals surface area contributed by atoms with Gasteiger partial charge < -0.3 is 4.74 Å². The zero-order valence-electron chi connectivity index (χ0n) is 11.4. The summed E-state index contributed by atoms with van der Waals surface area (Å²) in [6.45, 7) is 13.7. The van der Waals surface area contributed by atoms with Gasteiger partial charge in [-0.15, -0.1) is 0 Å². The molecule has 0 saturated carbocycles. The molecule has 0 spiro atoms. The molecular weight excluding hydrogens is 217 g/mol. The van der Waals surface area contributed by atoms with Crippen LogP contribution >= 0.6 is 0 Å². The molecule has 0 radical (unpaired) electrons. The van der Waals surface area contributed by atoms with E-state index in [0.29, 0.717) is 12.4 Å². The minimum atomic E-state index is -0.375. The number of hydrogen-bond acceptors (Lipinski definition) is 2. The van der Waals surface area contributed by atoms with Gasteiger partial charge in [0.05, 0.1) is 6.61 Å². The monoisotopic (exact) mass is 239 g/mol. The van der Waals surface area contributed by atoms with Crippen molar-refractivity contribution in [3.63, 3.8) is 0 Å². The molecule has 0 bridgehead atoms. The molecule has 96 valence electrons. The van der Waals surface area contributed by atoms with E-state index in [4.69, 9.17) is 4.74 Å². The summed E-state index contributed by atoms with van der Waals surface area (Å²) in [7, 11) is 0. The third-order valence-electron chi connectivity index (χ3n) is 2.18. The molecule has 0 fully saturated rings. The van der Waals surface area contributed by atoms with Gasteiger partial charge in [-0.1, -0.05) is 27.7 Å². The normalized spacial score (nSPS) is 9.59. The highest BCUT2D eigenvalue weighted by Gasteiger charge is 2.12. The van der Waals surface area contributed by atoms with Crippen molar-refractivity contribution in [3.05, 3.63) is 23.5 Å². The Hall–Kier alpha value is -1.38. The Morgan fingerprint density at radius 3 is 2.35 bits per heavy atom. The van der Waals surface area contributed by atoms with E-state index in [1.54, 1.807) is 0 Å². The van der Waals surface area contributed by atoms with E-state index in [-0.39, 0.29) is 17.4 Å². The van der Waals surface area contributed by atoms with Crippen molar-refractivity contribution in [1.82, 2.24) is 0 Å². The fourth-order valence-electron chi connectivity index (χ4n) is 1.35. The lowest BCUT2D eigenvalue weighted by molar-refractivity contribution is 0.339. The van der Waals surface area contributed by atoms with Gasteiger partial charge in [0.1, 0.15) is 11.4 Å². The van der Waals surface area contributed by atoms with Crippen LogP contribution in [-0.4, -0.2) is 13.3 Å². The van der Waals surface area contributed by atoms with Crippen LogP contribution in [0.3, 0.4) is 0 Å². The van der Waals surface area contributed by atoms with Crippen LogP contribution < -0.4 is 4.74 Å². The summed E-state index contributed by atoms with van der Waals surface area (Å²) in [6, 6.07) is 3.30. The van der Waals surface area contributed by atoms with E-state index in [0.717, 1.165) is 5.56 Å². The van der Waals surface area contributed by atoms with Crippen LogP contribution in [0.4, 0.5) is 10.1 Å². The molecule has 0 aliphatic heterocycles. The van der Waals surface area contributed by atoms with Gasteiger partial charge in [-0.05, 0) is 37.3 Å². The van der Waals surface area contributed by atoms with Crippen LogP contribution in [0.15, 0.2) is 17.1 Å². The van der Waals surface area contributed by atoms with Crippen molar-refractivity contribution in [2.24, 2.45) is 4.99 Å². The van der Waals surface area contributed by atoms with Crippen LogP contribution in [0.2, 0.25) is 0 Å². The average molecular weight is 239 g/mol. The number of hydrogen-bond donors (Lipinski definition) is 0. The summed E-state index contributed by atoms with van der Waals surface area (Å²) in [5.41, 5.74) is 1.10. The predicted octanol–water partition coefficient (Wildman–Crippen LogP) is 4.71. The SMILES string of the molecule is C=Nc1c(F)cc(C(C)C)cc1OCC.CC. The average Bonchev–Trinajstić information content (AvgIpc) is 2.31. The highest BCUT2D eigenvalue weighted by Crippen LogP contribution is 2.33. The molecule has 0 atom stereocenters. The molecule has 0 saturated heterocycles. The van der Waals surface area contributed by atoms with Gasteiger partial charge >= 0.3 is 0 Å². The van der Waals surface area contributed by atoms with Gasteiger partial charge in [0, 0.05) is 0 Å². The largest absolute Gasteiger partial charge is 0.491 e. The second-order valence-electron chi connectivity index (χ2n) is 3.60.